The van der Waals surface area contributed by atoms with E-state index < -0.39 is 0 Å². The molecule has 3 N–H and O–H groups in total. The fourth-order valence-electron chi connectivity index (χ4n) is 3.66. The molecule has 1 amide bonds. The van der Waals surface area contributed by atoms with Gasteiger partial charge in [0, 0.05) is 44.8 Å². The number of carbonyl (C=O) groups excluding carboxylic acids is 1. The molecule has 1 aliphatic rings. The normalized spacial score (nSPS) is 16.3. The summed E-state index contributed by atoms with van der Waals surface area (Å²) in [6.45, 7) is 12.0. The van der Waals surface area contributed by atoms with Crippen LogP contribution >= 0.6 is 24.0 Å². The highest BCUT2D eigenvalue weighted by Crippen LogP contribution is 2.10. The number of benzene rings is 1. The minimum absolute atomic E-state index is 0. The van der Waals surface area contributed by atoms with Gasteiger partial charge in [-0.05, 0) is 45.7 Å². The summed E-state index contributed by atoms with van der Waals surface area (Å²) in [5, 5.41) is 9.95. The predicted octanol–water partition coefficient (Wildman–Crippen LogP) is 2.67. The van der Waals surface area contributed by atoms with Crippen LogP contribution in [0.4, 0.5) is 0 Å². The Kier molecular flexibility index (Phi) is 14.6. The first-order valence-electron chi connectivity index (χ1n) is 11.8. The maximum absolute atomic E-state index is 11.9. The molecule has 1 unspecified atom stereocenters. The molecule has 1 heterocycles. The van der Waals surface area contributed by atoms with Crippen molar-refractivity contribution in [2.24, 2.45) is 4.99 Å². The van der Waals surface area contributed by atoms with E-state index in [1.807, 2.05) is 0 Å². The smallest absolute Gasteiger partial charge is 0.234 e. The van der Waals surface area contributed by atoms with Crippen LogP contribution in [-0.2, 0) is 11.3 Å². The molecule has 0 aromatic heterocycles. The summed E-state index contributed by atoms with van der Waals surface area (Å²) in [7, 11) is 2.15. The predicted molar refractivity (Wildman–Crippen MR) is 145 cm³/mol. The number of likely N-dealkylation sites (N-methyl/N-ethyl adjacent to an activating group) is 1. The Morgan fingerprint density at radius 3 is 2.50 bits per heavy atom. The first-order valence-corrected chi connectivity index (χ1v) is 11.8. The van der Waals surface area contributed by atoms with E-state index in [1.54, 1.807) is 0 Å². The summed E-state index contributed by atoms with van der Waals surface area (Å²) < 4.78 is 0. The van der Waals surface area contributed by atoms with Gasteiger partial charge in [0.1, 0.15) is 0 Å². The SMILES string of the molecule is CCCNC(=O)CN1CCC(NC(=NCC(C)N(C)Cc2ccccc2)NCC)CC1.I. The zero-order valence-corrected chi connectivity index (χ0v) is 22.6. The Labute approximate surface area is 211 Å². The zero-order chi connectivity index (χ0) is 22.5. The number of carbonyl (C=O) groups is 1. The van der Waals surface area contributed by atoms with Gasteiger partial charge in [-0.25, -0.2) is 0 Å². The number of likely N-dealkylation sites (tertiary alicyclic amines) is 1. The molecule has 182 valence electrons. The van der Waals surface area contributed by atoms with E-state index in [4.69, 9.17) is 4.99 Å². The zero-order valence-electron chi connectivity index (χ0n) is 20.3. The van der Waals surface area contributed by atoms with Gasteiger partial charge >= 0.3 is 0 Å². The van der Waals surface area contributed by atoms with Crippen LogP contribution in [0.3, 0.4) is 0 Å². The lowest BCUT2D eigenvalue weighted by molar-refractivity contribution is -0.122. The van der Waals surface area contributed by atoms with Gasteiger partial charge in [0.2, 0.25) is 5.91 Å². The van der Waals surface area contributed by atoms with Crippen molar-refractivity contribution in [3.63, 3.8) is 0 Å². The molecule has 0 spiro atoms. The fourth-order valence-corrected chi connectivity index (χ4v) is 3.66. The Balaban J connectivity index is 0.00000512. The molecule has 8 heteroatoms. The largest absolute Gasteiger partial charge is 0.357 e. The Hall–Kier alpha value is -1.39. The van der Waals surface area contributed by atoms with E-state index in [0.29, 0.717) is 18.6 Å². The topological polar surface area (TPSA) is 72.0 Å². The molecule has 2 rings (SSSR count). The Bertz CT molecular complexity index is 664. The average Bonchev–Trinajstić information content (AvgIpc) is 2.78. The quantitative estimate of drug-likeness (QED) is 0.221. The third-order valence-electron chi connectivity index (χ3n) is 5.75. The molecule has 1 saturated heterocycles. The van der Waals surface area contributed by atoms with Crippen molar-refractivity contribution in [3.8, 4) is 0 Å². The molecule has 0 aliphatic carbocycles. The van der Waals surface area contributed by atoms with Crippen LogP contribution < -0.4 is 16.0 Å². The van der Waals surface area contributed by atoms with Crippen LogP contribution in [-0.4, -0.2) is 80.1 Å². The second-order valence-corrected chi connectivity index (χ2v) is 8.51. The second-order valence-electron chi connectivity index (χ2n) is 8.51. The van der Waals surface area contributed by atoms with E-state index >= 15 is 0 Å². The van der Waals surface area contributed by atoms with Crippen LogP contribution in [0.25, 0.3) is 0 Å². The monoisotopic (exact) mass is 558 g/mol. The number of halogens is 1. The molecule has 1 aromatic carbocycles. The molecular weight excluding hydrogens is 515 g/mol. The molecule has 0 saturated carbocycles. The van der Waals surface area contributed by atoms with Crippen molar-refractivity contribution in [2.75, 3.05) is 46.3 Å². The summed E-state index contributed by atoms with van der Waals surface area (Å²) in [4.78, 5) is 21.4. The number of rotatable bonds is 11. The first-order chi connectivity index (χ1) is 15.0. The van der Waals surface area contributed by atoms with Crippen molar-refractivity contribution in [1.82, 2.24) is 25.8 Å². The van der Waals surface area contributed by atoms with Crippen LogP contribution in [0, 0.1) is 0 Å². The molecule has 32 heavy (non-hydrogen) atoms. The van der Waals surface area contributed by atoms with Crippen LogP contribution in [0.5, 0.6) is 0 Å². The number of hydrogen-bond acceptors (Lipinski definition) is 4. The lowest BCUT2D eigenvalue weighted by Crippen LogP contribution is -2.50. The van der Waals surface area contributed by atoms with E-state index in [0.717, 1.165) is 64.5 Å². The highest BCUT2D eigenvalue weighted by Gasteiger charge is 2.21. The molecular formula is C24H43IN6O. The molecule has 1 aromatic rings. The van der Waals surface area contributed by atoms with Crippen molar-refractivity contribution in [1.29, 1.82) is 0 Å². The van der Waals surface area contributed by atoms with Gasteiger partial charge in [-0.1, -0.05) is 37.3 Å². The van der Waals surface area contributed by atoms with Crippen molar-refractivity contribution < 1.29 is 4.79 Å². The number of aliphatic imine (C=N–C) groups is 1. The fraction of sp³-hybridized carbons (Fsp3) is 0.667. The summed E-state index contributed by atoms with van der Waals surface area (Å²) >= 11 is 0. The molecule has 1 aliphatic heterocycles. The number of nitrogens with one attached hydrogen (secondary N) is 3. The molecule has 0 radical (unpaired) electrons. The lowest BCUT2D eigenvalue weighted by atomic mass is 10.1. The van der Waals surface area contributed by atoms with Gasteiger partial charge in [0.25, 0.3) is 0 Å². The van der Waals surface area contributed by atoms with Crippen LogP contribution in [0.2, 0.25) is 0 Å². The van der Waals surface area contributed by atoms with Crippen molar-refractivity contribution >= 4 is 35.8 Å². The molecule has 0 bridgehead atoms. The minimum atomic E-state index is 0. The summed E-state index contributed by atoms with van der Waals surface area (Å²) in [6.07, 6.45) is 3.02. The van der Waals surface area contributed by atoms with E-state index in [9.17, 15) is 4.79 Å². The maximum atomic E-state index is 11.9. The molecule has 7 nitrogen and oxygen atoms in total. The average molecular weight is 559 g/mol. The summed E-state index contributed by atoms with van der Waals surface area (Å²) in [5.41, 5.74) is 1.32. The number of amides is 1. The van der Waals surface area contributed by atoms with Gasteiger partial charge in [0.15, 0.2) is 5.96 Å². The van der Waals surface area contributed by atoms with Crippen molar-refractivity contribution in [2.45, 2.75) is 58.7 Å². The molecule has 1 fully saturated rings. The standard InChI is InChI=1S/C24H42N6O.HI/c1-5-14-26-23(31)19-30-15-12-22(13-16-30)28-24(25-6-2)27-17-20(3)29(4)18-21-10-8-7-9-11-21;/h7-11,20,22H,5-6,12-19H2,1-4H3,(H,26,31)(H2,25,27,28);1H. The van der Waals surface area contributed by atoms with Crippen LogP contribution in [0.1, 0.15) is 45.6 Å². The van der Waals surface area contributed by atoms with Gasteiger partial charge in [-0.15, -0.1) is 24.0 Å². The third kappa shape index (κ3) is 11.0. The Morgan fingerprint density at radius 2 is 1.88 bits per heavy atom. The number of guanidine groups is 1. The van der Waals surface area contributed by atoms with E-state index in [-0.39, 0.29) is 29.9 Å². The summed E-state index contributed by atoms with van der Waals surface area (Å²) in [6, 6.07) is 11.3. The minimum Gasteiger partial charge on any atom is -0.357 e. The number of hydrogen-bond donors (Lipinski definition) is 3. The number of piperidine rings is 1. The Morgan fingerprint density at radius 1 is 1.19 bits per heavy atom. The highest BCUT2D eigenvalue weighted by atomic mass is 127. The van der Waals surface area contributed by atoms with Gasteiger partial charge in [0.05, 0.1) is 13.1 Å². The lowest BCUT2D eigenvalue weighted by Gasteiger charge is -2.32. The first kappa shape index (κ1) is 28.6. The van der Waals surface area contributed by atoms with E-state index in [2.05, 4.69) is 83.9 Å². The van der Waals surface area contributed by atoms with Crippen LogP contribution in [0.15, 0.2) is 35.3 Å². The molecule has 1 atom stereocenters. The van der Waals surface area contributed by atoms with Gasteiger partial charge < -0.3 is 16.0 Å². The summed E-state index contributed by atoms with van der Waals surface area (Å²) in [5.74, 6) is 1.03. The third-order valence-corrected chi connectivity index (χ3v) is 5.75. The van der Waals surface area contributed by atoms with E-state index in [1.165, 1.54) is 5.56 Å². The second kappa shape index (κ2) is 16.3. The highest BCUT2D eigenvalue weighted by molar-refractivity contribution is 14.0. The van der Waals surface area contributed by atoms with Gasteiger partial charge in [-0.3, -0.25) is 19.6 Å². The van der Waals surface area contributed by atoms with Crippen molar-refractivity contribution in [3.05, 3.63) is 35.9 Å². The number of nitrogens with zero attached hydrogens (tertiary/aromatic N) is 3. The van der Waals surface area contributed by atoms with Gasteiger partial charge in [-0.2, -0.15) is 0 Å². The maximum Gasteiger partial charge on any atom is 0.234 e.